The molecule has 0 radical (unpaired) electrons. The number of hydrogen-bond donors (Lipinski definition) is 3. The monoisotopic (exact) mass is 193 g/mol. The van der Waals surface area contributed by atoms with Crippen LogP contribution in [0.2, 0.25) is 0 Å². The maximum absolute atomic E-state index is 9.10. The lowest BCUT2D eigenvalue weighted by Gasteiger charge is -2.08. The van der Waals surface area contributed by atoms with Crippen LogP contribution in [0.15, 0.2) is 0 Å². The van der Waals surface area contributed by atoms with Gasteiger partial charge >= 0.3 is 11.9 Å². The molecule has 1 aliphatic rings. The van der Waals surface area contributed by atoms with Crippen LogP contribution < -0.4 is 5.32 Å². The highest BCUT2D eigenvalue weighted by Crippen LogP contribution is 1.96. The third-order valence-electron chi connectivity index (χ3n) is 1.39. The van der Waals surface area contributed by atoms with Gasteiger partial charge in [-0.2, -0.15) is 0 Å². The SMILES string of the molecule is C1CCNCC1.O.O=C(O)C(=O)O. The summed E-state index contributed by atoms with van der Waals surface area (Å²) in [4.78, 5) is 18.2. The minimum Gasteiger partial charge on any atom is -0.473 e. The fraction of sp³-hybridized carbons (Fsp3) is 0.714. The second-order valence-corrected chi connectivity index (χ2v) is 2.42. The molecule has 0 saturated carbocycles. The Morgan fingerprint density at radius 2 is 1.31 bits per heavy atom. The summed E-state index contributed by atoms with van der Waals surface area (Å²) < 4.78 is 0. The fourth-order valence-electron chi connectivity index (χ4n) is 0.802. The van der Waals surface area contributed by atoms with Crippen LogP contribution in [-0.2, 0) is 9.59 Å². The molecule has 0 aromatic carbocycles. The van der Waals surface area contributed by atoms with Crippen LogP contribution in [0, 0.1) is 0 Å². The van der Waals surface area contributed by atoms with Gasteiger partial charge in [0.15, 0.2) is 0 Å². The zero-order chi connectivity index (χ0) is 9.40. The second-order valence-electron chi connectivity index (χ2n) is 2.42. The summed E-state index contributed by atoms with van der Waals surface area (Å²) in [6.07, 6.45) is 4.22. The molecule has 78 valence electrons. The van der Waals surface area contributed by atoms with E-state index in [-0.39, 0.29) is 5.48 Å². The lowest BCUT2D eigenvalue weighted by atomic mass is 10.2. The van der Waals surface area contributed by atoms with Crippen LogP contribution in [0.3, 0.4) is 0 Å². The molecule has 1 fully saturated rings. The predicted octanol–water partition coefficient (Wildman–Crippen LogP) is -0.909. The Labute approximate surface area is 75.9 Å². The average molecular weight is 193 g/mol. The van der Waals surface area contributed by atoms with E-state index >= 15 is 0 Å². The molecule has 1 heterocycles. The van der Waals surface area contributed by atoms with Crippen molar-refractivity contribution < 1.29 is 25.3 Å². The van der Waals surface area contributed by atoms with Crippen molar-refractivity contribution >= 4 is 11.9 Å². The number of hydrogen-bond acceptors (Lipinski definition) is 3. The molecule has 0 aliphatic carbocycles. The molecule has 6 nitrogen and oxygen atoms in total. The minimum atomic E-state index is -1.82. The van der Waals surface area contributed by atoms with Gasteiger partial charge < -0.3 is 21.0 Å². The van der Waals surface area contributed by atoms with Crippen molar-refractivity contribution in [2.75, 3.05) is 13.1 Å². The Bertz CT molecular complexity index is 131. The van der Waals surface area contributed by atoms with Crippen LogP contribution >= 0.6 is 0 Å². The predicted molar refractivity (Wildman–Crippen MR) is 45.6 cm³/mol. The van der Waals surface area contributed by atoms with E-state index < -0.39 is 11.9 Å². The van der Waals surface area contributed by atoms with Crippen LogP contribution in [0.25, 0.3) is 0 Å². The summed E-state index contributed by atoms with van der Waals surface area (Å²) in [6.45, 7) is 2.50. The molecule has 13 heavy (non-hydrogen) atoms. The number of nitrogens with one attached hydrogen (secondary N) is 1. The molecule has 0 unspecified atom stereocenters. The van der Waals surface area contributed by atoms with E-state index in [4.69, 9.17) is 19.8 Å². The van der Waals surface area contributed by atoms with E-state index in [2.05, 4.69) is 5.32 Å². The molecule has 0 aromatic heterocycles. The van der Waals surface area contributed by atoms with Gasteiger partial charge in [-0.25, -0.2) is 9.59 Å². The molecule has 1 rings (SSSR count). The Balaban J connectivity index is 0. The maximum Gasteiger partial charge on any atom is 0.414 e. The molecule has 5 N–H and O–H groups in total. The largest absolute Gasteiger partial charge is 0.473 e. The van der Waals surface area contributed by atoms with Crippen molar-refractivity contribution in [3.8, 4) is 0 Å². The number of rotatable bonds is 0. The standard InChI is InChI=1S/C5H11N.C2H2O4.H2O/c1-2-4-6-5-3-1;3-1(4)2(5)6;/h6H,1-5H2;(H,3,4)(H,5,6);1H2. The van der Waals surface area contributed by atoms with E-state index in [1.165, 1.54) is 32.4 Å². The number of carboxylic acids is 2. The molecule has 1 saturated heterocycles. The molecular formula is C7H15NO5. The molecule has 0 amide bonds. The van der Waals surface area contributed by atoms with Gasteiger partial charge in [0.05, 0.1) is 0 Å². The first-order valence-corrected chi connectivity index (χ1v) is 3.81. The summed E-state index contributed by atoms with van der Waals surface area (Å²) in [7, 11) is 0. The van der Waals surface area contributed by atoms with E-state index in [1.807, 2.05) is 0 Å². The quantitative estimate of drug-likeness (QED) is 0.430. The maximum atomic E-state index is 9.10. The van der Waals surface area contributed by atoms with Crippen molar-refractivity contribution in [2.45, 2.75) is 19.3 Å². The highest BCUT2D eigenvalue weighted by atomic mass is 16.4. The minimum absolute atomic E-state index is 0. The van der Waals surface area contributed by atoms with Gasteiger partial charge in [-0.05, 0) is 25.9 Å². The van der Waals surface area contributed by atoms with Crippen molar-refractivity contribution in [3.63, 3.8) is 0 Å². The topological polar surface area (TPSA) is 118 Å². The first-order valence-electron chi connectivity index (χ1n) is 3.81. The number of piperidine rings is 1. The third-order valence-corrected chi connectivity index (χ3v) is 1.39. The molecule has 1 aliphatic heterocycles. The van der Waals surface area contributed by atoms with Gasteiger partial charge in [0.25, 0.3) is 0 Å². The normalized spacial score (nSPS) is 14.5. The molecule has 6 heteroatoms. The number of carbonyl (C=O) groups is 2. The van der Waals surface area contributed by atoms with Gasteiger partial charge in [0.1, 0.15) is 0 Å². The van der Waals surface area contributed by atoms with Gasteiger partial charge in [-0.3, -0.25) is 0 Å². The number of aliphatic carboxylic acids is 2. The number of carboxylic acid groups (broad SMARTS) is 2. The molecule has 0 bridgehead atoms. The fourth-order valence-corrected chi connectivity index (χ4v) is 0.802. The van der Waals surface area contributed by atoms with E-state index in [9.17, 15) is 0 Å². The Kier molecular flexibility index (Phi) is 9.91. The van der Waals surface area contributed by atoms with E-state index in [0.717, 1.165) is 0 Å². The van der Waals surface area contributed by atoms with Crippen LogP contribution in [0.5, 0.6) is 0 Å². The highest BCUT2D eigenvalue weighted by Gasteiger charge is 2.04. The molecule has 0 spiro atoms. The first-order chi connectivity index (χ1) is 5.64. The van der Waals surface area contributed by atoms with Crippen LogP contribution in [0.1, 0.15) is 19.3 Å². The van der Waals surface area contributed by atoms with E-state index in [0.29, 0.717) is 0 Å². The summed E-state index contributed by atoms with van der Waals surface area (Å²) in [6, 6.07) is 0. The van der Waals surface area contributed by atoms with E-state index in [1.54, 1.807) is 0 Å². The van der Waals surface area contributed by atoms with Gasteiger partial charge in [-0.1, -0.05) is 6.42 Å². The van der Waals surface area contributed by atoms with Crippen molar-refractivity contribution in [3.05, 3.63) is 0 Å². The highest BCUT2D eigenvalue weighted by molar-refractivity contribution is 6.27. The first kappa shape index (κ1) is 14.4. The Morgan fingerprint density at radius 3 is 1.38 bits per heavy atom. The zero-order valence-corrected chi connectivity index (χ0v) is 7.25. The average Bonchev–Trinajstić information content (AvgIpc) is 2.08. The molecular weight excluding hydrogens is 178 g/mol. The summed E-state index contributed by atoms with van der Waals surface area (Å²) in [5.74, 6) is -3.65. The Hall–Kier alpha value is -1.14. The summed E-state index contributed by atoms with van der Waals surface area (Å²) >= 11 is 0. The third kappa shape index (κ3) is 10.9. The van der Waals surface area contributed by atoms with Crippen LogP contribution in [-0.4, -0.2) is 40.7 Å². The lowest BCUT2D eigenvalue weighted by Crippen LogP contribution is -2.21. The second kappa shape index (κ2) is 8.95. The van der Waals surface area contributed by atoms with Crippen molar-refractivity contribution in [1.82, 2.24) is 5.32 Å². The smallest absolute Gasteiger partial charge is 0.414 e. The summed E-state index contributed by atoms with van der Waals surface area (Å²) in [5.41, 5.74) is 0. The van der Waals surface area contributed by atoms with Crippen molar-refractivity contribution in [2.24, 2.45) is 0 Å². The lowest BCUT2D eigenvalue weighted by molar-refractivity contribution is -0.159. The van der Waals surface area contributed by atoms with Crippen molar-refractivity contribution in [1.29, 1.82) is 0 Å². The molecule has 0 atom stereocenters. The Morgan fingerprint density at radius 1 is 0.923 bits per heavy atom. The van der Waals surface area contributed by atoms with Gasteiger partial charge in [-0.15, -0.1) is 0 Å². The van der Waals surface area contributed by atoms with Crippen LogP contribution in [0.4, 0.5) is 0 Å². The van der Waals surface area contributed by atoms with Gasteiger partial charge in [0, 0.05) is 0 Å². The zero-order valence-electron chi connectivity index (χ0n) is 7.25. The molecule has 0 aromatic rings. The summed E-state index contributed by atoms with van der Waals surface area (Å²) in [5, 5.41) is 18.1. The van der Waals surface area contributed by atoms with Gasteiger partial charge in [0.2, 0.25) is 0 Å².